The Morgan fingerprint density at radius 3 is 0.803 bits per heavy atom. The van der Waals surface area contributed by atoms with E-state index in [0.717, 1.165) is 24.3 Å². The largest absolute Gasteiger partial charge is 0.204 e. The number of hydrogen-bond donors (Lipinski definition) is 0. The van der Waals surface area contributed by atoms with E-state index in [1.807, 2.05) is 0 Å². The van der Waals surface area contributed by atoms with Crippen LogP contribution in [0.1, 0.15) is 5.56 Å². The van der Waals surface area contributed by atoms with Gasteiger partial charge in [0.05, 0.1) is 11.1 Å². The lowest BCUT2D eigenvalue weighted by Crippen LogP contribution is -2.05. The molecule has 7 aromatic rings. The number of aryl methyl sites for hydroxylation is 1. The lowest BCUT2D eigenvalue weighted by Gasteiger charge is -2.17. The standard InChI is InChI=1S/C43H14F18/c1-13-2-14(5-18(3-13)22-11-24(44)30(48)36(54)28(22)46)15-4-16(8-20(7-15)26-32(50)38(56)42(60)39(57)33(26)51)17-6-19(23-12-25(45)31(49)37(55)29(23)47)10-21(9-17)27-34(52)40(58)43(61)41(59)35(27)53/h2-12H,1H3. The highest BCUT2D eigenvalue weighted by atomic mass is 19.2. The van der Waals surface area contributed by atoms with Crippen molar-refractivity contribution in [3.8, 4) is 66.8 Å². The van der Waals surface area contributed by atoms with Crippen LogP contribution in [0.4, 0.5) is 79.0 Å². The van der Waals surface area contributed by atoms with Crippen LogP contribution in [0.5, 0.6) is 0 Å². The first-order chi connectivity index (χ1) is 28.6. The highest BCUT2D eigenvalue weighted by molar-refractivity contribution is 5.87. The molecular formula is C43H14F18. The molecule has 0 aliphatic carbocycles. The van der Waals surface area contributed by atoms with Crippen LogP contribution >= 0.6 is 0 Å². The van der Waals surface area contributed by atoms with Crippen molar-refractivity contribution in [2.75, 3.05) is 0 Å². The van der Waals surface area contributed by atoms with Crippen molar-refractivity contribution >= 4 is 0 Å². The van der Waals surface area contributed by atoms with Crippen molar-refractivity contribution in [2.24, 2.45) is 0 Å². The van der Waals surface area contributed by atoms with Crippen molar-refractivity contribution in [1.82, 2.24) is 0 Å². The van der Waals surface area contributed by atoms with E-state index in [-0.39, 0.29) is 34.4 Å². The average Bonchev–Trinajstić information content (AvgIpc) is 3.24. The first-order valence-electron chi connectivity index (χ1n) is 16.8. The van der Waals surface area contributed by atoms with Crippen LogP contribution in [0.2, 0.25) is 0 Å². The number of benzene rings is 7. The third kappa shape index (κ3) is 7.02. The minimum absolute atomic E-state index is 0.0420. The molecule has 7 rings (SSSR count). The summed E-state index contributed by atoms with van der Waals surface area (Å²) in [5.41, 5.74) is -10.5. The molecule has 61 heavy (non-hydrogen) atoms. The molecule has 0 saturated heterocycles. The summed E-state index contributed by atoms with van der Waals surface area (Å²) in [5, 5.41) is 0. The Morgan fingerprint density at radius 1 is 0.213 bits per heavy atom. The summed E-state index contributed by atoms with van der Waals surface area (Å²) in [7, 11) is 0. The second-order valence-corrected chi connectivity index (χ2v) is 13.3. The van der Waals surface area contributed by atoms with Crippen LogP contribution in [0, 0.1) is 112 Å². The van der Waals surface area contributed by atoms with Gasteiger partial charge in [-0.15, -0.1) is 0 Å². The molecular weight excluding hydrogens is 858 g/mol. The van der Waals surface area contributed by atoms with Gasteiger partial charge in [-0.25, -0.2) is 79.0 Å². The highest BCUT2D eigenvalue weighted by Crippen LogP contribution is 2.43. The van der Waals surface area contributed by atoms with Crippen molar-refractivity contribution in [2.45, 2.75) is 6.92 Å². The van der Waals surface area contributed by atoms with Crippen molar-refractivity contribution in [3.63, 3.8) is 0 Å². The SMILES string of the molecule is Cc1cc(-c2cc(-c3cc(-c4cc(F)c(F)c(F)c4F)cc(-c4c(F)c(F)c(F)c(F)c4F)c3)cc(-c3c(F)c(F)c(F)c(F)c3F)c2)cc(-c2cc(F)c(F)c(F)c2F)c1. The molecule has 0 aromatic heterocycles. The topological polar surface area (TPSA) is 0 Å². The Hall–Kier alpha value is -6.72. The summed E-state index contributed by atoms with van der Waals surface area (Å²) in [6, 6.07) is 7.74. The van der Waals surface area contributed by atoms with Crippen LogP contribution in [0.3, 0.4) is 0 Å². The number of rotatable bonds is 6. The van der Waals surface area contributed by atoms with Crippen LogP contribution in [0.15, 0.2) is 66.7 Å². The molecule has 0 amide bonds. The molecule has 0 atom stereocenters. The van der Waals surface area contributed by atoms with Gasteiger partial charge in [-0.3, -0.25) is 0 Å². The van der Waals surface area contributed by atoms with Gasteiger partial charge in [0.1, 0.15) is 0 Å². The van der Waals surface area contributed by atoms with Gasteiger partial charge < -0.3 is 0 Å². The Labute approximate surface area is 329 Å². The van der Waals surface area contributed by atoms with Crippen LogP contribution in [-0.4, -0.2) is 0 Å². The van der Waals surface area contributed by atoms with Gasteiger partial charge in [0, 0.05) is 11.1 Å². The predicted molar refractivity (Wildman–Crippen MR) is 183 cm³/mol. The third-order valence-corrected chi connectivity index (χ3v) is 9.43. The maximum Gasteiger partial charge on any atom is 0.200 e. The van der Waals surface area contributed by atoms with Crippen molar-refractivity contribution in [3.05, 3.63) is 177 Å². The smallest absolute Gasteiger partial charge is 0.200 e. The fourth-order valence-electron chi connectivity index (χ4n) is 6.59. The fraction of sp³-hybridized carbons (Fsp3) is 0.0233. The maximum absolute atomic E-state index is 15.4. The van der Waals surface area contributed by atoms with Gasteiger partial charge >= 0.3 is 0 Å². The van der Waals surface area contributed by atoms with E-state index in [4.69, 9.17) is 0 Å². The van der Waals surface area contributed by atoms with E-state index >= 15 is 22.0 Å². The molecule has 7 aromatic carbocycles. The normalized spacial score (nSPS) is 11.5. The fourth-order valence-corrected chi connectivity index (χ4v) is 6.59. The Bertz CT molecular complexity index is 2970. The Balaban J connectivity index is 1.60. The Morgan fingerprint density at radius 2 is 0.443 bits per heavy atom. The molecule has 0 heterocycles. The minimum atomic E-state index is -2.63. The zero-order chi connectivity index (χ0) is 44.7. The monoisotopic (exact) mass is 872 g/mol. The van der Waals surface area contributed by atoms with E-state index in [1.165, 1.54) is 13.0 Å². The quantitative estimate of drug-likeness (QED) is 0.0887. The van der Waals surface area contributed by atoms with Crippen molar-refractivity contribution < 1.29 is 79.0 Å². The number of hydrogen-bond acceptors (Lipinski definition) is 0. The van der Waals surface area contributed by atoms with Gasteiger partial charge in [0.2, 0.25) is 11.6 Å². The molecule has 0 radical (unpaired) electrons. The van der Waals surface area contributed by atoms with E-state index in [9.17, 15) is 57.1 Å². The summed E-state index contributed by atoms with van der Waals surface area (Å²) >= 11 is 0. The summed E-state index contributed by atoms with van der Waals surface area (Å²) in [5.74, 6) is -42.1. The Kier molecular flexibility index (Phi) is 10.7. The summed E-state index contributed by atoms with van der Waals surface area (Å²) in [6.45, 7) is 1.32. The highest BCUT2D eigenvalue weighted by Gasteiger charge is 2.30. The average molecular weight is 873 g/mol. The van der Waals surface area contributed by atoms with Crippen LogP contribution in [0.25, 0.3) is 66.8 Å². The molecule has 0 unspecified atom stereocenters. The molecule has 0 saturated carbocycles. The molecule has 0 aliphatic rings. The van der Waals surface area contributed by atoms with Gasteiger partial charge in [-0.1, -0.05) is 12.1 Å². The zero-order valence-electron chi connectivity index (χ0n) is 29.7. The molecule has 312 valence electrons. The van der Waals surface area contributed by atoms with Crippen LogP contribution < -0.4 is 0 Å². The second kappa shape index (κ2) is 15.4. The first kappa shape index (κ1) is 42.4. The first-order valence-corrected chi connectivity index (χ1v) is 16.8. The van der Waals surface area contributed by atoms with Gasteiger partial charge in [-0.05, 0) is 112 Å². The molecule has 0 spiro atoms. The van der Waals surface area contributed by atoms with E-state index in [1.54, 1.807) is 0 Å². The van der Waals surface area contributed by atoms with Crippen molar-refractivity contribution in [1.29, 1.82) is 0 Å². The van der Waals surface area contributed by atoms with Gasteiger partial charge in [-0.2, -0.15) is 0 Å². The third-order valence-electron chi connectivity index (χ3n) is 9.43. The molecule has 0 N–H and O–H groups in total. The minimum Gasteiger partial charge on any atom is -0.204 e. The summed E-state index contributed by atoms with van der Waals surface area (Å²) < 4.78 is 263. The van der Waals surface area contributed by atoms with Gasteiger partial charge in [0.15, 0.2) is 93.1 Å². The summed E-state index contributed by atoms with van der Waals surface area (Å²) in [6.07, 6.45) is 0. The molecule has 18 heteroatoms. The lowest BCUT2D eigenvalue weighted by atomic mass is 9.88. The molecule has 0 bridgehead atoms. The predicted octanol–water partition coefficient (Wildman–Crippen LogP) is 14.5. The second-order valence-electron chi connectivity index (χ2n) is 13.3. The van der Waals surface area contributed by atoms with Crippen LogP contribution in [-0.2, 0) is 0 Å². The molecule has 0 nitrogen and oxygen atoms in total. The lowest BCUT2D eigenvalue weighted by molar-refractivity contribution is 0.381. The number of halogens is 18. The molecule has 0 aliphatic heterocycles. The maximum atomic E-state index is 15.4. The van der Waals surface area contributed by atoms with E-state index in [2.05, 4.69) is 0 Å². The zero-order valence-corrected chi connectivity index (χ0v) is 29.7. The van der Waals surface area contributed by atoms with E-state index in [0.29, 0.717) is 24.3 Å². The molecule has 0 fully saturated rings. The van der Waals surface area contributed by atoms with Gasteiger partial charge in [0.25, 0.3) is 0 Å². The van der Waals surface area contributed by atoms with E-state index < -0.39 is 155 Å². The summed E-state index contributed by atoms with van der Waals surface area (Å²) in [4.78, 5) is 0.